The molecular weight excluding hydrogens is 391 g/mol. The third kappa shape index (κ3) is 5.76. The highest BCUT2D eigenvalue weighted by Crippen LogP contribution is 2.26. The molecule has 0 saturated carbocycles. The third-order valence-corrected chi connectivity index (χ3v) is 5.84. The van der Waals surface area contributed by atoms with Crippen molar-refractivity contribution in [2.75, 3.05) is 20.2 Å². The maximum atomic E-state index is 14.2. The maximum Gasteiger partial charge on any atom is 0.350 e. The highest BCUT2D eigenvalue weighted by Gasteiger charge is 2.25. The van der Waals surface area contributed by atoms with Gasteiger partial charge in [0, 0.05) is 19.0 Å². The fourth-order valence-electron chi connectivity index (χ4n) is 2.86. The van der Waals surface area contributed by atoms with E-state index in [9.17, 15) is 9.18 Å². The lowest BCUT2D eigenvalue weighted by atomic mass is 9.84. The number of carbonyl (C=O) groups is 1. The van der Waals surface area contributed by atoms with Gasteiger partial charge in [0.1, 0.15) is 15.7 Å². The van der Waals surface area contributed by atoms with E-state index < -0.39 is 5.41 Å². The van der Waals surface area contributed by atoms with Gasteiger partial charge in [-0.05, 0) is 32.4 Å². The highest BCUT2D eigenvalue weighted by molar-refractivity contribution is 7.13. The monoisotopic (exact) mass is 420 g/mol. The summed E-state index contributed by atoms with van der Waals surface area (Å²) in [4.78, 5) is 21.3. The highest BCUT2D eigenvalue weighted by atomic mass is 32.1. The number of hydrogen-bond donors (Lipinski definition) is 2. The van der Waals surface area contributed by atoms with Gasteiger partial charge in [-0.25, -0.2) is 14.2 Å². The van der Waals surface area contributed by atoms with Gasteiger partial charge in [-0.1, -0.05) is 32.0 Å². The molecule has 0 bridgehead atoms. The smallest absolute Gasteiger partial charge is 0.350 e. The first kappa shape index (κ1) is 22.8. The maximum absolute atomic E-state index is 14.2. The van der Waals surface area contributed by atoms with E-state index in [0.717, 1.165) is 5.01 Å². The molecular formula is C21H29FN4O2S. The van der Waals surface area contributed by atoms with Crippen molar-refractivity contribution >= 4 is 23.3 Å². The molecule has 0 radical (unpaired) electrons. The summed E-state index contributed by atoms with van der Waals surface area (Å²) in [6.45, 7) is 10.3. The molecule has 0 fully saturated rings. The first-order chi connectivity index (χ1) is 13.7. The molecule has 1 heterocycles. The summed E-state index contributed by atoms with van der Waals surface area (Å²) in [5.74, 6) is 0.00270. The van der Waals surface area contributed by atoms with E-state index >= 15 is 0 Å². The number of ether oxygens (including phenoxy) is 1. The SMILES string of the molecule is CCOC(=O)c1sc(C(C)NC(=NC)NCC(C)(C)c2ccccc2F)nc1C. The van der Waals surface area contributed by atoms with Crippen LogP contribution in [0.4, 0.5) is 4.39 Å². The van der Waals surface area contributed by atoms with Crippen LogP contribution >= 0.6 is 11.3 Å². The average Bonchev–Trinajstić information content (AvgIpc) is 3.07. The van der Waals surface area contributed by atoms with Crippen LogP contribution in [0.1, 0.15) is 59.7 Å². The molecule has 1 unspecified atom stereocenters. The van der Waals surface area contributed by atoms with E-state index in [4.69, 9.17) is 4.74 Å². The normalized spacial score (nSPS) is 13.1. The lowest BCUT2D eigenvalue weighted by molar-refractivity contribution is 0.0531. The standard InChI is InChI=1S/C21H29FN4O2S/c1-7-28-19(27)17-13(2)25-18(29-17)14(3)26-20(23-6)24-12-21(4,5)15-10-8-9-11-16(15)22/h8-11,14H,7,12H2,1-6H3,(H2,23,24,26). The number of benzene rings is 1. The minimum absolute atomic E-state index is 0.162. The first-order valence-electron chi connectivity index (χ1n) is 9.56. The molecule has 6 nitrogen and oxygen atoms in total. The van der Waals surface area contributed by atoms with Crippen LogP contribution < -0.4 is 10.6 Å². The van der Waals surface area contributed by atoms with Crippen molar-refractivity contribution in [1.82, 2.24) is 15.6 Å². The van der Waals surface area contributed by atoms with Gasteiger partial charge >= 0.3 is 5.97 Å². The average molecular weight is 421 g/mol. The van der Waals surface area contributed by atoms with Crippen LogP contribution in [0.25, 0.3) is 0 Å². The Hall–Kier alpha value is -2.48. The lowest BCUT2D eigenvalue weighted by Gasteiger charge is -2.27. The Morgan fingerprint density at radius 3 is 2.69 bits per heavy atom. The molecule has 0 aliphatic heterocycles. The van der Waals surface area contributed by atoms with Crippen molar-refractivity contribution in [2.24, 2.45) is 4.99 Å². The fourth-order valence-corrected chi connectivity index (χ4v) is 3.82. The quantitative estimate of drug-likeness (QED) is 0.403. The zero-order chi connectivity index (χ0) is 21.6. The second-order valence-electron chi connectivity index (χ2n) is 7.34. The molecule has 2 aromatic rings. The summed E-state index contributed by atoms with van der Waals surface area (Å²) in [6.07, 6.45) is 0. The summed E-state index contributed by atoms with van der Waals surface area (Å²) in [5.41, 5.74) is 0.868. The summed E-state index contributed by atoms with van der Waals surface area (Å²) >= 11 is 1.31. The largest absolute Gasteiger partial charge is 0.462 e. The van der Waals surface area contributed by atoms with E-state index in [2.05, 4.69) is 20.6 Å². The molecule has 0 saturated heterocycles. The topological polar surface area (TPSA) is 75.6 Å². The van der Waals surface area contributed by atoms with E-state index in [1.54, 1.807) is 33.0 Å². The third-order valence-electron chi connectivity index (χ3n) is 4.52. The summed E-state index contributed by atoms with van der Waals surface area (Å²) in [7, 11) is 1.68. The van der Waals surface area contributed by atoms with Gasteiger partial charge in [0.05, 0.1) is 18.3 Å². The Morgan fingerprint density at radius 1 is 1.38 bits per heavy atom. The van der Waals surface area contributed by atoms with Crippen LogP contribution in [0.2, 0.25) is 0 Å². The molecule has 0 amide bonds. The molecule has 158 valence electrons. The van der Waals surface area contributed by atoms with Crippen LogP contribution in [0.3, 0.4) is 0 Å². The number of halogens is 1. The van der Waals surface area contributed by atoms with Crippen molar-refractivity contribution in [3.63, 3.8) is 0 Å². The van der Waals surface area contributed by atoms with E-state index in [1.807, 2.05) is 26.8 Å². The van der Waals surface area contributed by atoms with Crippen LogP contribution in [0.15, 0.2) is 29.3 Å². The van der Waals surface area contributed by atoms with E-state index in [0.29, 0.717) is 35.2 Å². The summed E-state index contributed by atoms with van der Waals surface area (Å²) in [6, 6.07) is 6.62. The number of nitrogens with one attached hydrogen (secondary N) is 2. The molecule has 8 heteroatoms. The van der Waals surface area contributed by atoms with Crippen LogP contribution in [0.5, 0.6) is 0 Å². The van der Waals surface area contributed by atoms with E-state index in [-0.39, 0.29) is 17.8 Å². The van der Waals surface area contributed by atoms with Gasteiger partial charge in [0.15, 0.2) is 5.96 Å². The Bertz CT molecular complexity index is 879. The van der Waals surface area contributed by atoms with Gasteiger partial charge in [-0.3, -0.25) is 4.99 Å². The molecule has 2 rings (SSSR count). The first-order valence-corrected chi connectivity index (χ1v) is 10.4. The van der Waals surface area contributed by atoms with Crippen molar-refractivity contribution < 1.29 is 13.9 Å². The van der Waals surface area contributed by atoms with Crippen molar-refractivity contribution in [2.45, 2.75) is 46.1 Å². The number of aliphatic imine (C=N–C) groups is 1. The van der Waals surface area contributed by atoms with Gasteiger partial charge in [0.2, 0.25) is 0 Å². The molecule has 29 heavy (non-hydrogen) atoms. The second-order valence-corrected chi connectivity index (χ2v) is 8.37. The van der Waals surface area contributed by atoms with Crippen molar-refractivity contribution in [3.05, 3.63) is 51.2 Å². The molecule has 0 aliphatic carbocycles. The molecule has 0 aliphatic rings. The number of hydrogen-bond acceptors (Lipinski definition) is 5. The summed E-state index contributed by atoms with van der Waals surface area (Å²) in [5, 5.41) is 7.30. The Labute approximate surface area is 175 Å². The van der Waals surface area contributed by atoms with Gasteiger partial charge < -0.3 is 15.4 Å². The van der Waals surface area contributed by atoms with Crippen molar-refractivity contribution in [3.8, 4) is 0 Å². The number of esters is 1. The predicted octanol–water partition coefficient (Wildman–Crippen LogP) is 3.97. The minimum atomic E-state index is -0.430. The number of aryl methyl sites for hydroxylation is 1. The number of thiazole rings is 1. The molecule has 1 aromatic carbocycles. The van der Waals surface area contributed by atoms with Crippen LogP contribution in [-0.2, 0) is 10.2 Å². The molecule has 1 atom stereocenters. The van der Waals surface area contributed by atoms with Crippen LogP contribution in [-0.4, -0.2) is 37.1 Å². The van der Waals surface area contributed by atoms with E-state index in [1.165, 1.54) is 17.4 Å². The zero-order valence-electron chi connectivity index (χ0n) is 17.8. The molecule has 1 aromatic heterocycles. The molecule has 2 N–H and O–H groups in total. The van der Waals surface area contributed by atoms with Crippen molar-refractivity contribution in [1.29, 1.82) is 0 Å². The number of guanidine groups is 1. The number of aromatic nitrogens is 1. The van der Waals surface area contributed by atoms with Gasteiger partial charge in [0.25, 0.3) is 0 Å². The van der Waals surface area contributed by atoms with Crippen LogP contribution in [0, 0.1) is 12.7 Å². The summed E-state index contributed by atoms with van der Waals surface area (Å²) < 4.78 is 19.2. The Morgan fingerprint density at radius 2 is 2.07 bits per heavy atom. The number of rotatable bonds is 7. The fraction of sp³-hybridized carbons (Fsp3) is 0.476. The predicted molar refractivity (Wildman–Crippen MR) is 115 cm³/mol. The van der Waals surface area contributed by atoms with Gasteiger partial charge in [-0.2, -0.15) is 0 Å². The number of nitrogens with zero attached hydrogens (tertiary/aromatic N) is 2. The Kier molecular flexibility index (Phi) is 7.73. The lowest BCUT2D eigenvalue weighted by Crippen LogP contribution is -2.44. The number of carbonyl (C=O) groups excluding carboxylic acids is 1. The molecule has 0 spiro atoms. The minimum Gasteiger partial charge on any atom is -0.462 e. The zero-order valence-corrected chi connectivity index (χ0v) is 18.6. The van der Waals surface area contributed by atoms with Gasteiger partial charge in [-0.15, -0.1) is 11.3 Å². The Balaban J connectivity index is 2.04. The second kappa shape index (κ2) is 9.82.